The van der Waals surface area contributed by atoms with Crippen molar-refractivity contribution >= 4 is 5.97 Å². The molecule has 2 aliphatic carbocycles. The van der Waals surface area contributed by atoms with Gasteiger partial charge < -0.3 is 9.47 Å². The molecule has 0 heterocycles. The Morgan fingerprint density at radius 3 is 2.80 bits per heavy atom. The van der Waals surface area contributed by atoms with Gasteiger partial charge in [-0.25, -0.2) is 0 Å². The third-order valence-electron chi connectivity index (χ3n) is 3.26. The Morgan fingerprint density at radius 1 is 1.33 bits per heavy atom. The van der Waals surface area contributed by atoms with Gasteiger partial charge in [0.1, 0.15) is 6.61 Å². The van der Waals surface area contributed by atoms with Gasteiger partial charge >= 0.3 is 5.97 Å². The van der Waals surface area contributed by atoms with E-state index in [2.05, 4.69) is 12.2 Å². The van der Waals surface area contributed by atoms with Crippen molar-refractivity contribution in [3.05, 3.63) is 12.2 Å². The van der Waals surface area contributed by atoms with Gasteiger partial charge in [-0.05, 0) is 31.6 Å². The lowest BCUT2D eigenvalue weighted by Gasteiger charge is -2.16. The van der Waals surface area contributed by atoms with Crippen LogP contribution in [0.5, 0.6) is 0 Å². The standard InChI is InChI=1S/C12H18O3/c1-2-14-5-6-15-12(13)11-8-9-3-4-10(11)7-9/h3-4,9-11H,2,5-8H2,1H3/t9-,10-,11+/m1/s1. The fourth-order valence-electron chi connectivity index (χ4n) is 2.50. The molecular formula is C12H18O3. The Bertz CT molecular complexity index is 260. The van der Waals surface area contributed by atoms with Crippen molar-refractivity contribution in [3.8, 4) is 0 Å². The van der Waals surface area contributed by atoms with Crippen LogP contribution < -0.4 is 0 Å². The zero-order valence-electron chi connectivity index (χ0n) is 9.15. The Kier molecular flexibility index (Phi) is 3.41. The molecule has 0 aromatic rings. The molecule has 3 atom stereocenters. The van der Waals surface area contributed by atoms with Crippen LogP contribution in [-0.4, -0.2) is 25.8 Å². The number of allylic oxidation sites excluding steroid dienone is 2. The number of hydrogen-bond acceptors (Lipinski definition) is 3. The van der Waals surface area contributed by atoms with E-state index >= 15 is 0 Å². The summed E-state index contributed by atoms with van der Waals surface area (Å²) in [7, 11) is 0. The van der Waals surface area contributed by atoms with Crippen LogP contribution in [0.1, 0.15) is 19.8 Å². The Balaban J connectivity index is 1.70. The van der Waals surface area contributed by atoms with Gasteiger partial charge in [0, 0.05) is 6.61 Å². The molecule has 15 heavy (non-hydrogen) atoms. The molecule has 3 heteroatoms. The maximum absolute atomic E-state index is 11.7. The highest BCUT2D eigenvalue weighted by Crippen LogP contribution is 2.43. The van der Waals surface area contributed by atoms with Gasteiger partial charge in [-0.15, -0.1) is 0 Å². The topological polar surface area (TPSA) is 35.5 Å². The van der Waals surface area contributed by atoms with Crippen LogP contribution in [0.4, 0.5) is 0 Å². The van der Waals surface area contributed by atoms with Gasteiger partial charge in [0.25, 0.3) is 0 Å². The van der Waals surface area contributed by atoms with Gasteiger partial charge in [-0.2, -0.15) is 0 Å². The fourth-order valence-corrected chi connectivity index (χ4v) is 2.50. The maximum Gasteiger partial charge on any atom is 0.309 e. The van der Waals surface area contributed by atoms with E-state index in [1.165, 1.54) is 0 Å². The van der Waals surface area contributed by atoms with Gasteiger partial charge in [0.2, 0.25) is 0 Å². The third kappa shape index (κ3) is 2.40. The number of rotatable bonds is 5. The minimum Gasteiger partial charge on any atom is -0.463 e. The molecule has 0 aromatic carbocycles. The van der Waals surface area contributed by atoms with Gasteiger partial charge in [-0.1, -0.05) is 12.2 Å². The van der Waals surface area contributed by atoms with E-state index < -0.39 is 0 Å². The Labute approximate surface area is 90.4 Å². The molecule has 0 aromatic heterocycles. The first-order valence-electron chi connectivity index (χ1n) is 5.74. The number of hydrogen-bond donors (Lipinski definition) is 0. The van der Waals surface area contributed by atoms with Crippen LogP contribution in [0.25, 0.3) is 0 Å². The SMILES string of the molecule is CCOCCOC(=O)[C@H]1C[C@@H]2C=C[C@@H]1C2. The Morgan fingerprint density at radius 2 is 2.20 bits per heavy atom. The van der Waals surface area contributed by atoms with Gasteiger partial charge in [0.15, 0.2) is 0 Å². The van der Waals surface area contributed by atoms with Crippen molar-refractivity contribution < 1.29 is 14.3 Å². The molecule has 0 saturated heterocycles. The second kappa shape index (κ2) is 4.79. The lowest BCUT2D eigenvalue weighted by molar-refractivity contribution is -0.150. The molecule has 3 nitrogen and oxygen atoms in total. The first-order chi connectivity index (χ1) is 7.31. The average molecular weight is 210 g/mol. The molecule has 2 rings (SSSR count). The van der Waals surface area contributed by atoms with E-state index in [0.717, 1.165) is 12.8 Å². The van der Waals surface area contributed by atoms with E-state index in [9.17, 15) is 4.79 Å². The summed E-state index contributed by atoms with van der Waals surface area (Å²) < 4.78 is 10.3. The summed E-state index contributed by atoms with van der Waals surface area (Å²) in [4.78, 5) is 11.7. The van der Waals surface area contributed by atoms with E-state index in [0.29, 0.717) is 31.7 Å². The summed E-state index contributed by atoms with van der Waals surface area (Å²) >= 11 is 0. The Hall–Kier alpha value is -0.830. The number of fused-ring (bicyclic) bond motifs is 2. The minimum absolute atomic E-state index is 0.0356. The molecule has 84 valence electrons. The first kappa shape index (κ1) is 10.7. The van der Waals surface area contributed by atoms with Crippen molar-refractivity contribution in [1.29, 1.82) is 0 Å². The molecule has 2 aliphatic rings. The third-order valence-corrected chi connectivity index (χ3v) is 3.26. The summed E-state index contributed by atoms with van der Waals surface area (Å²) in [5.74, 6) is 1.14. The van der Waals surface area contributed by atoms with Crippen LogP contribution >= 0.6 is 0 Å². The molecule has 0 amide bonds. The van der Waals surface area contributed by atoms with Crippen LogP contribution in [0.3, 0.4) is 0 Å². The highest BCUT2D eigenvalue weighted by Gasteiger charge is 2.40. The van der Waals surface area contributed by atoms with Gasteiger partial charge in [0.05, 0.1) is 12.5 Å². The average Bonchev–Trinajstić information content (AvgIpc) is 2.85. The molecule has 0 aliphatic heterocycles. The van der Waals surface area contributed by atoms with Crippen LogP contribution in [0.2, 0.25) is 0 Å². The second-order valence-electron chi connectivity index (χ2n) is 4.25. The molecule has 1 fully saturated rings. The molecular weight excluding hydrogens is 192 g/mol. The maximum atomic E-state index is 11.7. The van der Waals surface area contributed by atoms with Crippen molar-refractivity contribution in [3.63, 3.8) is 0 Å². The van der Waals surface area contributed by atoms with Crippen molar-refractivity contribution in [2.75, 3.05) is 19.8 Å². The number of esters is 1. The predicted molar refractivity (Wildman–Crippen MR) is 56.3 cm³/mol. The lowest BCUT2D eigenvalue weighted by Crippen LogP contribution is -2.23. The number of carbonyl (C=O) groups is 1. The quantitative estimate of drug-likeness (QED) is 0.394. The summed E-state index contributed by atoms with van der Waals surface area (Å²) in [6.45, 7) is 3.51. The van der Waals surface area contributed by atoms with Crippen molar-refractivity contribution in [2.24, 2.45) is 17.8 Å². The highest BCUT2D eigenvalue weighted by atomic mass is 16.6. The second-order valence-corrected chi connectivity index (χ2v) is 4.25. The van der Waals surface area contributed by atoms with Crippen LogP contribution in [0, 0.1) is 17.8 Å². The van der Waals surface area contributed by atoms with E-state index in [1.807, 2.05) is 6.92 Å². The van der Waals surface area contributed by atoms with Crippen molar-refractivity contribution in [1.82, 2.24) is 0 Å². The minimum atomic E-state index is -0.0356. The number of ether oxygens (including phenoxy) is 2. The number of carbonyl (C=O) groups excluding carboxylic acids is 1. The van der Waals surface area contributed by atoms with E-state index in [4.69, 9.17) is 9.47 Å². The largest absolute Gasteiger partial charge is 0.463 e. The summed E-state index contributed by atoms with van der Waals surface area (Å²) in [6, 6.07) is 0. The smallest absolute Gasteiger partial charge is 0.309 e. The van der Waals surface area contributed by atoms with Gasteiger partial charge in [-0.3, -0.25) is 4.79 Å². The molecule has 0 N–H and O–H groups in total. The highest BCUT2D eigenvalue weighted by molar-refractivity contribution is 5.74. The zero-order valence-corrected chi connectivity index (χ0v) is 9.15. The zero-order chi connectivity index (χ0) is 10.7. The molecule has 2 bridgehead atoms. The summed E-state index contributed by atoms with van der Waals surface area (Å²) in [5.41, 5.74) is 0. The van der Waals surface area contributed by atoms with Crippen LogP contribution in [-0.2, 0) is 14.3 Å². The monoisotopic (exact) mass is 210 g/mol. The first-order valence-corrected chi connectivity index (χ1v) is 5.74. The normalized spacial score (nSPS) is 32.2. The summed E-state index contributed by atoms with van der Waals surface area (Å²) in [5, 5.41) is 0. The molecule has 0 radical (unpaired) electrons. The lowest BCUT2D eigenvalue weighted by atomic mass is 9.94. The van der Waals surface area contributed by atoms with Crippen LogP contribution in [0.15, 0.2) is 12.2 Å². The van der Waals surface area contributed by atoms with Crippen molar-refractivity contribution in [2.45, 2.75) is 19.8 Å². The molecule has 0 unspecified atom stereocenters. The van der Waals surface area contributed by atoms with E-state index in [-0.39, 0.29) is 11.9 Å². The summed E-state index contributed by atoms with van der Waals surface area (Å²) in [6.07, 6.45) is 6.52. The molecule has 1 saturated carbocycles. The fraction of sp³-hybridized carbons (Fsp3) is 0.750. The van der Waals surface area contributed by atoms with E-state index in [1.54, 1.807) is 0 Å². The molecule has 0 spiro atoms. The predicted octanol–water partition coefficient (Wildman–Crippen LogP) is 1.78.